The van der Waals surface area contributed by atoms with Gasteiger partial charge in [0.15, 0.2) is 0 Å². The fourth-order valence-corrected chi connectivity index (χ4v) is 6.30. The smallest absolute Gasteiger partial charge is 0.200 e. The molecule has 0 N–H and O–H groups in total. The van der Waals surface area contributed by atoms with Gasteiger partial charge < -0.3 is 9.32 Å². The van der Waals surface area contributed by atoms with Crippen molar-refractivity contribution in [1.82, 2.24) is 0 Å². The van der Waals surface area contributed by atoms with Crippen molar-refractivity contribution in [2.75, 3.05) is 4.90 Å². The van der Waals surface area contributed by atoms with Gasteiger partial charge in [-0.25, -0.2) is 0 Å². The van der Waals surface area contributed by atoms with Crippen LogP contribution in [0.5, 0.6) is 0 Å². The minimum atomic E-state index is 0.0296. The molecule has 7 aromatic rings. The van der Waals surface area contributed by atoms with Gasteiger partial charge in [-0.15, -0.1) is 0 Å². The van der Waals surface area contributed by atoms with Gasteiger partial charge >= 0.3 is 0 Å². The van der Waals surface area contributed by atoms with Gasteiger partial charge in [0.2, 0.25) is 5.43 Å². The first-order valence-corrected chi connectivity index (χ1v) is 14.3. The highest BCUT2D eigenvalue weighted by molar-refractivity contribution is 5.91. The molecule has 0 bridgehead atoms. The molecule has 3 nitrogen and oxygen atoms in total. The molecule has 200 valence electrons. The van der Waals surface area contributed by atoms with Crippen molar-refractivity contribution in [3.05, 3.63) is 172 Å². The Morgan fingerprint density at radius 1 is 0.500 bits per heavy atom. The zero-order chi connectivity index (χ0) is 28.0. The Kier molecular flexibility index (Phi) is 5.75. The van der Waals surface area contributed by atoms with Crippen molar-refractivity contribution < 1.29 is 4.42 Å². The molecule has 3 heteroatoms. The lowest BCUT2D eigenvalue weighted by Gasteiger charge is -2.29. The maximum atomic E-state index is 13.4. The van der Waals surface area contributed by atoms with E-state index in [0.717, 1.165) is 29.9 Å². The van der Waals surface area contributed by atoms with E-state index in [0.29, 0.717) is 21.9 Å². The minimum absolute atomic E-state index is 0.0296. The molecular formula is C39H27NO2. The van der Waals surface area contributed by atoms with Crippen molar-refractivity contribution in [2.24, 2.45) is 0 Å². The Labute approximate surface area is 243 Å². The number of anilines is 3. The van der Waals surface area contributed by atoms with Crippen LogP contribution in [-0.4, -0.2) is 0 Å². The molecule has 0 fully saturated rings. The summed E-state index contributed by atoms with van der Waals surface area (Å²) in [5.74, 6) is 0. The summed E-state index contributed by atoms with van der Waals surface area (Å²) in [5.41, 5.74) is 12.0. The first-order valence-electron chi connectivity index (χ1n) is 14.3. The van der Waals surface area contributed by atoms with Crippen LogP contribution < -0.4 is 10.3 Å². The zero-order valence-electron chi connectivity index (χ0n) is 23.0. The van der Waals surface area contributed by atoms with Gasteiger partial charge in [0.1, 0.15) is 11.2 Å². The standard InChI is InChI=1S/C39H27NO2/c41-39-34-16-8-10-18-37(34)42-38-25-30-21-27-19-20-32(23-28(27)22-29(30)24-35(38)39)40(31-13-5-2-6-14-31)36-17-9-7-15-33(36)26-11-3-1-4-12-26/h1-20,23-25H,21-22H2. The fraction of sp³-hybridized carbons (Fsp3) is 0.0513. The van der Waals surface area contributed by atoms with Gasteiger partial charge in [0, 0.05) is 16.9 Å². The normalized spacial score (nSPS) is 12.2. The third-order valence-electron chi connectivity index (χ3n) is 8.35. The Balaban J connectivity index is 1.25. The summed E-state index contributed by atoms with van der Waals surface area (Å²) in [6.07, 6.45) is 1.58. The Bertz CT molecular complexity index is 2160. The summed E-state index contributed by atoms with van der Waals surface area (Å²) < 4.78 is 6.17. The molecule has 0 saturated carbocycles. The van der Waals surface area contributed by atoms with Gasteiger partial charge in [-0.1, -0.05) is 84.9 Å². The number of nitrogens with zero attached hydrogens (tertiary/aromatic N) is 1. The van der Waals surface area contributed by atoms with E-state index in [1.807, 2.05) is 24.3 Å². The number of fused-ring (bicyclic) bond motifs is 4. The lowest BCUT2D eigenvalue weighted by Crippen LogP contribution is -2.14. The molecule has 0 spiro atoms. The highest BCUT2D eigenvalue weighted by Gasteiger charge is 2.22. The maximum Gasteiger partial charge on any atom is 0.200 e. The second kappa shape index (κ2) is 9.90. The first kappa shape index (κ1) is 24.4. The molecule has 0 unspecified atom stereocenters. The third kappa shape index (κ3) is 4.10. The first-order chi connectivity index (χ1) is 20.7. The number of benzene rings is 6. The quantitative estimate of drug-likeness (QED) is 0.208. The molecule has 0 saturated heterocycles. The summed E-state index contributed by atoms with van der Waals surface area (Å²) >= 11 is 0. The number of hydrogen-bond donors (Lipinski definition) is 0. The number of hydrogen-bond acceptors (Lipinski definition) is 3. The molecule has 8 rings (SSSR count). The molecular weight excluding hydrogens is 514 g/mol. The summed E-state index contributed by atoms with van der Waals surface area (Å²) in [4.78, 5) is 15.7. The lowest BCUT2D eigenvalue weighted by atomic mass is 9.85. The average Bonchev–Trinajstić information content (AvgIpc) is 3.04. The highest BCUT2D eigenvalue weighted by atomic mass is 16.3. The van der Waals surface area contributed by atoms with Crippen LogP contribution in [0.2, 0.25) is 0 Å². The van der Waals surface area contributed by atoms with Gasteiger partial charge in [0.25, 0.3) is 0 Å². The van der Waals surface area contributed by atoms with E-state index < -0.39 is 0 Å². The van der Waals surface area contributed by atoms with Crippen molar-refractivity contribution in [2.45, 2.75) is 12.8 Å². The molecule has 1 aliphatic rings. The van der Waals surface area contributed by atoms with Crippen LogP contribution in [-0.2, 0) is 12.8 Å². The van der Waals surface area contributed by atoms with Crippen LogP contribution in [0.15, 0.2) is 149 Å². The van der Waals surface area contributed by atoms with Crippen molar-refractivity contribution >= 4 is 39.0 Å². The van der Waals surface area contributed by atoms with Gasteiger partial charge in [-0.3, -0.25) is 4.79 Å². The molecule has 0 aliphatic heterocycles. The van der Waals surface area contributed by atoms with Crippen LogP contribution in [0.1, 0.15) is 22.3 Å². The molecule has 42 heavy (non-hydrogen) atoms. The van der Waals surface area contributed by atoms with Crippen LogP contribution >= 0.6 is 0 Å². The molecule has 1 aliphatic carbocycles. The van der Waals surface area contributed by atoms with Gasteiger partial charge in [-0.05, 0) is 95.3 Å². The van der Waals surface area contributed by atoms with Crippen molar-refractivity contribution in [3.63, 3.8) is 0 Å². The maximum absolute atomic E-state index is 13.4. The van der Waals surface area contributed by atoms with Crippen LogP contribution in [0, 0.1) is 0 Å². The number of para-hydroxylation sites is 3. The second-order valence-corrected chi connectivity index (χ2v) is 10.9. The van der Waals surface area contributed by atoms with E-state index in [1.54, 1.807) is 0 Å². The van der Waals surface area contributed by atoms with E-state index >= 15 is 0 Å². The van der Waals surface area contributed by atoms with Crippen molar-refractivity contribution in [3.8, 4) is 11.1 Å². The van der Waals surface area contributed by atoms with Crippen LogP contribution in [0.3, 0.4) is 0 Å². The molecule has 1 heterocycles. The zero-order valence-corrected chi connectivity index (χ0v) is 23.0. The summed E-state index contributed by atoms with van der Waals surface area (Å²) in [6, 6.07) is 48.1. The average molecular weight is 542 g/mol. The summed E-state index contributed by atoms with van der Waals surface area (Å²) in [7, 11) is 0. The molecule has 0 atom stereocenters. The second-order valence-electron chi connectivity index (χ2n) is 10.9. The molecule has 1 aromatic heterocycles. The summed E-state index contributed by atoms with van der Waals surface area (Å²) in [6.45, 7) is 0. The van der Waals surface area contributed by atoms with Gasteiger partial charge in [0.05, 0.1) is 16.5 Å². The molecule has 0 amide bonds. The van der Waals surface area contributed by atoms with E-state index in [2.05, 4.69) is 120 Å². The monoisotopic (exact) mass is 541 g/mol. The fourth-order valence-electron chi connectivity index (χ4n) is 6.30. The topological polar surface area (TPSA) is 33.5 Å². The largest absolute Gasteiger partial charge is 0.456 e. The highest BCUT2D eigenvalue weighted by Crippen LogP contribution is 2.42. The Morgan fingerprint density at radius 3 is 2.02 bits per heavy atom. The Hall–Kier alpha value is -5.41. The molecule has 0 radical (unpaired) electrons. The van der Waals surface area contributed by atoms with E-state index in [4.69, 9.17) is 4.42 Å². The van der Waals surface area contributed by atoms with Crippen molar-refractivity contribution in [1.29, 1.82) is 0 Å². The lowest BCUT2D eigenvalue weighted by molar-refractivity contribution is 0.659. The van der Waals surface area contributed by atoms with E-state index in [-0.39, 0.29) is 5.43 Å². The minimum Gasteiger partial charge on any atom is -0.456 e. The van der Waals surface area contributed by atoms with E-state index in [1.165, 1.54) is 33.4 Å². The molecule has 6 aromatic carbocycles. The predicted molar refractivity (Wildman–Crippen MR) is 172 cm³/mol. The SMILES string of the molecule is O=c1c2ccccc2oc2cc3c(cc12)Cc1cc(N(c2ccccc2)c2ccccc2-c2ccccc2)ccc1C3. The predicted octanol–water partition coefficient (Wildman–Crippen LogP) is 9.58. The van der Waals surface area contributed by atoms with E-state index in [9.17, 15) is 4.79 Å². The number of rotatable bonds is 4. The summed E-state index contributed by atoms with van der Waals surface area (Å²) in [5, 5.41) is 1.27. The third-order valence-corrected chi connectivity index (χ3v) is 8.35. The Morgan fingerprint density at radius 2 is 1.17 bits per heavy atom. The van der Waals surface area contributed by atoms with Crippen LogP contribution in [0.4, 0.5) is 17.1 Å². The van der Waals surface area contributed by atoms with Gasteiger partial charge in [-0.2, -0.15) is 0 Å². The van der Waals surface area contributed by atoms with Crippen LogP contribution in [0.25, 0.3) is 33.1 Å².